The molecule has 0 spiro atoms. The lowest BCUT2D eigenvalue weighted by Gasteiger charge is -2.06. The lowest BCUT2D eigenvalue weighted by atomic mass is 10.2. The molecule has 132 valence electrons. The molecule has 0 saturated carbocycles. The first kappa shape index (κ1) is 17.6. The molecule has 0 unspecified atom stereocenters. The number of anilines is 1. The highest BCUT2D eigenvalue weighted by Crippen LogP contribution is 2.22. The zero-order valence-electron chi connectivity index (χ0n) is 13.8. The van der Waals surface area contributed by atoms with Gasteiger partial charge in [-0.3, -0.25) is 14.6 Å². The topological polar surface area (TPSA) is 110 Å². The molecule has 2 amide bonds. The van der Waals surface area contributed by atoms with Gasteiger partial charge in [0, 0.05) is 30.7 Å². The van der Waals surface area contributed by atoms with Gasteiger partial charge in [-0.25, -0.2) is 0 Å². The summed E-state index contributed by atoms with van der Waals surface area (Å²) < 4.78 is 5.50. The first-order chi connectivity index (χ1) is 12.7. The van der Waals surface area contributed by atoms with Gasteiger partial charge in [0.1, 0.15) is 0 Å². The zero-order valence-corrected chi connectivity index (χ0v) is 14.6. The molecule has 0 atom stereocenters. The number of rotatable bonds is 6. The van der Waals surface area contributed by atoms with Crippen LogP contribution in [0.1, 0.15) is 10.4 Å². The molecule has 1 aromatic carbocycles. The average molecular weight is 369 g/mol. The van der Waals surface area contributed by atoms with Crippen molar-refractivity contribution < 1.29 is 14.0 Å². The van der Waals surface area contributed by atoms with Crippen molar-refractivity contribution in [3.63, 3.8) is 0 Å². The first-order valence-corrected chi connectivity index (χ1v) is 8.63. The molecule has 0 aliphatic carbocycles. The van der Waals surface area contributed by atoms with Crippen LogP contribution in [-0.4, -0.2) is 39.8 Å². The molecule has 8 nitrogen and oxygen atoms in total. The highest BCUT2D eigenvalue weighted by molar-refractivity contribution is 7.99. The van der Waals surface area contributed by atoms with Crippen LogP contribution in [0.2, 0.25) is 0 Å². The van der Waals surface area contributed by atoms with Gasteiger partial charge in [-0.2, -0.15) is 0 Å². The van der Waals surface area contributed by atoms with E-state index in [1.165, 1.54) is 0 Å². The number of hydrogen-bond acceptors (Lipinski definition) is 7. The van der Waals surface area contributed by atoms with Crippen LogP contribution < -0.4 is 10.6 Å². The minimum atomic E-state index is -0.245. The zero-order chi connectivity index (χ0) is 18.4. The number of hydrogen-bond donors (Lipinski definition) is 2. The van der Waals surface area contributed by atoms with E-state index >= 15 is 0 Å². The van der Waals surface area contributed by atoms with Gasteiger partial charge in [0.25, 0.3) is 11.1 Å². The summed E-state index contributed by atoms with van der Waals surface area (Å²) in [5, 5.41) is 13.4. The maximum atomic E-state index is 12.1. The molecule has 2 heterocycles. The third kappa shape index (κ3) is 4.45. The lowest BCUT2D eigenvalue weighted by Crippen LogP contribution is -2.18. The average Bonchev–Trinajstić information content (AvgIpc) is 3.16. The van der Waals surface area contributed by atoms with Gasteiger partial charge in [0.05, 0.1) is 11.3 Å². The fourth-order valence-corrected chi connectivity index (χ4v) is 2.64. The fourth-order valence-electron chi connectivity index (χ4n) is 2.08. The number of aromatic nitrogens is 3. The number of pyridine rings is 1. The molecule has 0 fully saturated rings. The first-order valence-electron chi connectivity index (χ1n) is 7.64. The van der Waals surface area contributed by atoms with Gasteiger partial charge >= 0.3 is 0 Å². The number of thioether (sulfide) groups is 1. The highest BCUT2D eigenvalue weighted by atomic mass is 32.2. The molecule has 3 rings (SSSR count). The third-order valence-electron chi connectivity index (χ3n) is 3.28. The van der Waals surface area contributed by atoms with Crippen molar-refractivity contribution in [3.05, 3.63) is 54.4 Å². The normalized spacial score (nSPS) is 10.3. The predicted octanol–water partition coefficient (Wildman–Crippen LogP) is 2.22. The van der Waals surface area contributed by atoms with Crippen LogP contribution in [-0.2, 0) is 4.79 Å². The Kier molecular flexibility index (Phi) is 5.59. The third-order valence-corrected chi connectivity index (χ3v) is 4.10. The van der Waals surface area contributed by atoms with E-state index in [9.17, 15) is 9.59 Å². The van der Waals surface area contributed by atoms with Crippen molar-refractivity contribution in [2.24, 2.45) is 0 Å². The Morgan fingerprint density at radius 1 is 1.19 bits per heavy atom. The molecule has 0 aliphatic heterocycles. The Morgan fingerprint density at radius 2 is 2.08 bits per heavy atom. The maximum absolute atomic E-state index is 12.1. The summed E-state index contributed by atoms with van der Waals surface area (Å²) in [7, 11) is 1.55. The van der Waals surface area contributed by atoms with Gasteiger partial charge in [0.15, 0.2) is 0 Å². The van der Waals surface area contributed by atoms with Crippen molar-refractivity contribution >= 4 is 29.3 Å². The monoisotopic (exact) mass is 369 g/mol. The van der Waals surface area contributed by atoms with Gasteiger partial charge in [-0.05, 0) is 30.3 Å². The number of carbonyl (C=O) groups excluding carboxylic acids is 2. The summed E-state index contributed by atoms with van der Waals surface area (Å²) >= 11 is 1.13. The molecular formula is C17H15N5O3S. The minimum Gasteiger partial charge on any atom is -0.411 e. The van der Waals surface area contributed by atoms with Crippen LogP contribution in [0.5, 0.6) is 0 Å². The molecule has 3 aromatic rings. The van der Waals surface area contributed by atoms with Crippen molar-refractivity contribution in [3.8, 4) is 11.5 Å². The Balaban J connectivity index is 1.56. The highest BCUT2D eigenvalue weighted by Gasteiger charge is 2.12. The summed E-state index contributed by atoms with van der Waals surface area (Å²) in [6.45, 7) is 0. The number of amides is 2. The lowest BCUT2D eigenvalue weighted by molar-refractivity contribution is -0.113. The summed E-state index contributed by atoms with van der Waals surface area (Å²) in [5.41, 5.74) is 1.72. The van der Waals surface area contributed by atoms with Crippen molar-refractivity contribution in [1.82, 2.24) is 20.5 Å². The molecular weight excluding hydrogens is 354 g/mol. The largest absolute Gasteiger partial charge is 0.411 e. The van der Waals surface area contributed by atoms with Gasteiger partial charge < -0.3 is 15.1 Å². The molecule has 26 heavy (non-hydrogen) atoms. The van der Waals surface area contributed by atoms with E-state index in [-0.39, 0.29) is 22.8 Å². The summed E-state index contributed by atoms with van der Waals surface area (Å²) in [5.74, 6) is -0.0208. The number of carbonyl (C=O) groups is 2. The minimum absolute atomic E-state index is 0.0961. The van der Waals surface area contributed by atoms with Crippen LogP contribution in [0.25, 0.3) is 11.5 Å². The van der Waals surface area contributed by atoms with E-state index in [0.29, 0.717) is 22.7 Å². The standard InChI is InChI=1S/C17H15N5O3S/c1-18-15(24)11-4-2-6-13(8-11)20-14(23)10-26-17-22-21-16(25-17)12-5-3-7-19-9-12/h2-9H,10H2,1H3,(H,18,24)(H,20,23). The SMILES string of the molecule is CNC(=O)c1cccc(NC(=O)CSc2nnc(-c3cccnc3)o2)c1. The molecule has 2 aromatic heterocycles. The Morgan fingerprint density at radius 3 is 2.85 bits per heavy atom. The number of nitrogens with one attached hydrogen (secondary N) is 2. The number of nitrogens with zero attached hydrogens (tertiary/aromatic N) is 3. The van der Waals surface area contributed by atoms with Crippen molar-refractivity contribution in [2.75, 3.05) is 18.1 Å². The van der Waals surface area contributed by atoms with Gasteiger partial charge in [0.2, 0.25) is 11.8 Å². The summed E-state index contributed by atoms with van der Waals surface area (Å²) in [4.78, 5) is 27.7. The second-order valence-corrected chi connectivity index (χ2v) is 6.04. The molecule has 0 radical (unpaired) electrons. The Bertz CT molecular complexity index is 914. The summed E-state index contributed by atoms with van der Waals surface area (Å²) in [6.07, 6.45) is 3.27. The van der Waals surface area contributed by atoms with E-state index in [1.54, 1.807) is 55.8 Å². The molecule has 9 heteroatoms. The number of benzene rings is 1. The van der Waals surface area contributed by atoms with E-state index in [1.807, 2.05) is 0 Å². The van der Waals surface area contributed by atoms with E-state index in [4.69, 9.17) is 4.42 Å². The van der Waals surface area contributed by atoms with E-state index < -0.39 is 0 Å². The van der Waals surface area contributed by atoms with Gasteiger partial charge in [-0.15, -0.1) is 10.2 Å². The molecule has 0 saturated heterocycles. The Labute approximate surface area is 153 Å². The summed E-state index contributed by atoms with van der Waals surface area (Å²) in [6, 6.07) is 10.3. The van der Waals surface area contributed by atoms with E-state index in [2.05, 4.69) is 25.8 Å². The van der Waals surface area contributed by atoms with Crippen LogP contribution >= 0.6 is 11.8 Å². The van der Waals surface area contributed by atoms with Crippen LogP contribution in [0.4, 0.5) is 5.69 Å². The quantitative estimate of drug-likeness (QED) is 0.641. The smallest absolute Gasteiger partial charge is 0.277 e. The van der Waals surface area contributed by atoms with Crippen LogP contribution in [0.3, 0.4) is 0 Å². The molecule has 0 bridgehead atoms. The molecule has 2 N–H and O–H groups in total. The van der Waals surface area contributed by atoms with Crippen LogP contribution in [0, 0.1) is 0 Å². The van der Waals surface area contributed by atoms with Crippen molar-refractivity contribution in [2.45, 2.75) is 5.22 Å². The predicted molar refractivity (Wildman–Crippen MR) is 96.7 cm³/mol. The Hall–Kier alpha value is -3.20. The second-order valence-electron chi connectivity index (χ2n) is 5.11. The second kappa shape index (κ2) is 8.26. The maximum Gasteiger partial charge on any atom is 0.277 e. The molecule has 0 aliphatic rings. The fraction of sp³-hybridized carbons (Fsp3) is 0.118. The van der Waals surface area contributed by atoms with E-state index in [0.717, 1.165) is 11.8 Å². The van der Waals surface area contributed by atoms with Gasteiger partial charge in [-0.1, -0.05) is 17.8 Å². The van der Waals surface area contributed by atoms with Crippen LogP contribution in [0.15, 0.2) is 58.4 Å². The van der Waals surface area contributed by atoms with Crippen molar-refractivity contribution in [1.29, 1.82) is 0 Å².